The number of alkyl halides is 3. The van der Waals surface area contributed by atoms with Crippen LogP contribution in [-0.2, 0) is 0 Å². The van der Waals surface area contributed by atoms with Gasteiger partial charge < -0.3 is 5.73 Å². The molecule has 0 amide bonds. The van der Waals surface area contributed by atoms with Crippen molar-refractivity contribution in [1.29, 1.82) is 0 Å². The second kappa shape index (κ2) is 3.64. The van der Waals surface area contributed by atoms with Crippen molar-refractivity contribution in [2.45, 2.75) is 19.0 Å². The highest BCUT2D eigenvalue weighted by molar-refractivity contribution is 5.81. The van der Waals surface area contributed by atoms with E-state index in [-0.39, 0.29) is 5.82 Å². The van der Waals surface area contributed by atoms with Crippen LogP contribution < -0.4 is 5.73 Å². The van der Waals surface area contributed by atoms with Crippen LogP contribution in [-0.4, -0.2) is 12.4 Å². The minimum Gasteiger partial charge on any atom is -0.384 e. The van der Waals surface area contributed by atoms with Gasteiger partial charge >= 0.3 is 6.18 Å². The molecule has 13 heavy (non-hydrogen) atoms. The van der Waals surface area contributed by atoms with Crippen LogP contribution in [0.2, 0.25) is 0 Å². The summed E-state index contributed by atoms with van der Waals surface area (Å²) in [6, 6.07) is 0. The Kier molecular flexibility index (Phi) is 2.75. The average molecular weight is 190 g/mol. The lowest BCUT2D eigenvalue weighted by molar-refractivity contribution is -0.0858. The molecule has 0 unspecified atom stereocenters. The third-order valence-electron chi connectivity index (χ3n) is 1.56. The Bertz CT molecular complexity index is 274. The zero-order valence-electron chi connectivity index (χ0n) is 6.80. The van der Waals surface area contributed by atoms with E-state index in [4.69, 9.17) is 5.73 Å². The Balaban J connectivity index is 2.88. The molecule has 0 spiro atoms. The van der Waals surface area contributed by atoms with Gasteiger partial charge in [-0.3, -0.25) is 0 Å². The molecule has 72 valence electrons. The second-order valence-corrected chi connectivity index (χ2v) is 2.62. The molecule has 1 aliphatic rings. The Morgan fingerprint density at radius 3 is 2.46 bits per heavy atom. The van der Waals surface area contributed by atoms with E-state index in [1.807, 2.05) is 0 Å². The lowest BCUT2D eigenvalue weighted by Crippen LogP contribution is -2.14. The molecule has 5 heteroatoms. The highest BCUT2D eigenvalue weighted by Gasteiger charge is 2.32. The van der Waals surface area contributed by atoms with E-state index in [0.29, 0.717) is 12.8 Å². The predicted molar refractivity (Wildman–Crippen MR) is 44.1 cm³/mol. The molecule has 1 heterocycles. The maximum atomic E-state index is 12.2. The van der Waals surface area contributed by atoms with E-state index in [9.17, 15) is 13.2 Å². The summed E-state index contributed by atoms with van der Waals surface area (Å²) >= 11 is 0. The van der Waals surface area contributed by atoms with Gasteiger partial charge in [-0.2, -0.15) is 13.2 Å². The number of aliphatic imine (C=N–C) groups is 1. The molecule has 0 bridgehead atoms. The number of nitrogens with two attached hydrogens (primary N) is 1. The highest BCUT2D eigenvalue weighted by Crippen LogP contribution is 2.25. The summed E-state index contributed by atoms with van der Waals surface area (Å²) in [5.74, 6) is 0.134. The molecular formula is C8H9F3N2. The SMILES string of the molecule is NC1=CCC/C=C(\C(F)(F)F)C=N1. The molecule has 0 aromatic rings. The molecule has 0 aromatic carbocycles. The smallest absolute Gasteiger partial charge is 0.384 e. The first kappa shape index (κ1) is 9.83. The maximum absolute atomic E-state index is 12.2. The van der Waals surface area contributed by atoms with Gasteiger partial charge in [-0.05, 0) is 18.9 Å². The molecular weight excluding hydrogens is 181 g/mol. The van der Waals surface area contributed by atoms with Gasteiger partial charge in [-0.15, -0.1) is 0 Å². The van der Waals surface area contributed by atoms with Gasteiger partial charge in [0.15, 0.2) is 0 Å². The van der Waals surface area contributed by atoms with Crippen LogP contribution in [0.5, 0.6) is 0 Å². The lowest BCUT2D eigenvalue weighted by atomic mass is 10.1. The Hall–Kier alpha value is -1.26. The van der Waals surface area contributed by atoms with Crippen molar-refractivity contribution in [3.8, 4) is 0 Å². The second-order valence-electron chi connectivity index (χ2n) is 2.62. The van der Waals surface area contributed by atoms with E-state index < -0.39 is 11.7 Å². The number of allylic oxidation sites excluding steroid dienone is 3. The van der Waals surface area contributed by atoms with Crippen LogP contribution in [0.4, 0.5) is 13.2 Å². The number of hydrogen-bond donors (Lipinski definition) is 1. The highest BCUT2D eigenvalue weighted by atomic mass is 19.4. The number of rotatable bonds is 0. The lowest BCUT2D eigenvalue weighted by Gasteiger charge is -2.08. The van der Waals surface area contributed by atoms with Crippen LogP contribution in [0, 0.1) is 0 Å². The first-order valence-corrected chi connectivity index (χ1v) is 3.77. The van der Waals surface area contributed by atoms with Crippen molar-refractivity contribution in [2.24, 2.45) is 10.7 Å². The Labute approximate surface area is 73.6 Å². The molecule has 0 saturated carbocycles. The minimum absolute atomic E-state index is 0.134. The number of halogens is 3. The maximum Gasteiger partial charge on any atom is 0.417 e. The summed E-state index contributed by atoms with van der Waals surface area (Å²) in [7, 11) is 0. The van der Waals surface area contributed by atoms with Gasteiger partial charge in [0, 0.05) is 6.21 Å². The summed E-state index contributed by atoms with van der Waals surface area (Å²) in [5, 5.41) is 0. The zero-order valence-corrected chi connectivity index (χ0v) is 6.80. The van der Waals surface area contributed by atoms with Gasteiger partial charge in [0.2, 0.25) is 0 Å². The number of hydrogen-bond acceptors (Lipinski definition) is 2. The van der Waals surface area contributed by atoms with Crippen LogP contribution in [0.15, 0.2) is 28.5 Å². The average Bonchev–Trinajstić information content (AvgIpc) is 1.94. The van der Waals surface area contributed by atoms with E-state index in [1.54, 1.807) is 6.08 Å². The normalized spacial score (nSPS) is 22.7. The third-order valence-corrected chi connectivity index (χ3v) is 1.56. The molecule has 0 fully saturated rings. The van der Waals surface area contributed by atoms with E-state index in [2.05, 4.69) is 4.99 Å². The summed E-state index contributed by atoms with van der Waals surface area (Å²) in [6.07, 6.45) is -0.0387. The Morgan fingerprint density at radius 1 is 1.23 bits per heavy atom. The molecule has 1 rings (SSSR count). The van der Waals surface area contributed by atoms with E-state index in [1.165, 1.54) is 0 Å². The van der Waals surface area contributed by atoms with Crippen LogP contribution in [0.25, 0.3) is 0 Å². The van der Waals surface area contributed by atoms with Crippen molar-refractivity contribution < 1.29 is 13.2 Å². The quantitative estimate of drug-likeness (QED) is 0.624. The summed E-state index contributed by atoms with van der Waals surface area (Å²) in [6.45, 7) is 0. The largest absolute Gasteiger partial charge is 0.417 e. The van der Waals surface area contributed by atoms with Crippen LogP contribution in [0.1, 0.15) is 12.8 Å². The molecule has 0 radical (unpaired) electrons. The first-order chi connectivity index (χ1) is 6.00. The molecule has 0 aromatic heterocycles. The molecule has 0 aliphatic carbocycles. The van der Waals surface area contributed by atoms with Crippen LogP contribution in [0.3, 0.4) is 0 Å². The predicted octanol–water partition coefficient (Wildman–Crippen LogP) is 2.14. The number of nitrogens with zero attached hydrogens (tertiary/aromatic N) is 1. The fourth-order valence-corrected chi connectivity index (χ4v) is 0.908. The van der Waals surface area contributed by atoms with Crippen molar-refractivity contribution in [1.82, 2.24) is 0 Å². The summed E-state index contributed by atoms with van der Waals surface area (Å²) < 4.78 is 36.5. The molecule has 2 N–H and O–H groups in total. The molecule has 0 atom stereocenters. The van der Waals surface area contributed by atoms with Crippen LogP contribution >= 0.6 is 0 Å². The van der Waals surface area contributed by atoms with Crippen molar-refractivity contribution >= 4 is 6.21 Å². The van der Waals surface area contributed by atoms with Crippen molar-refractivity contribution in [3.63, 3.8) is 0 Å². The van der Waals surface area contributed by atoms with Gasteiger partial charge in [-0.25, -0.2) is 4.99 Å². The summed E-state index contributed by atoms with van der Waals surface area (Å²) in [5.41, 5.74) is 4.55. The molecule has 0 saturated heterocycles. The minimum atomic E-state index is -4.33. The summed E-state index contributed by atoms with van der Waals surface area (Å²) in [4.78, 5) is 3.46. The van der Waals surface area contributed by atoms with Gasteiger partial charge in [0.05, 0.1) is 5.57 Å². The van der Waals surface area contributed by atoms with Gasteiger partial charge in [-0.1, -0.05) is 6.08 Å². The Morgan fingerprint density at radius 2 is 1.85 bits per heavy atom. The monoisotopic (exact) mass is 190 g/mol. The zero-order chi connectivity index (χ0) is 9.90. The third kappa shape index (κ3) is 2.93. The fourth-order valence-electron chi connectivity index (χ4n) is 0.908. The van der Waals surface area contributed by atoms with Gasteiger partial charge in [0.25, 0.3) is 0 Å². The van der Waals surface area contributed by atoms with Crippen molar-refractivity contribution in [2.75, 3.05) is 0 Å². The molecule has 2 nitrogen and oxygen atoms in total. The standard InChI is InChI=1S/C8H9F3N2/c9-8(10,11)6-3-1-2-4-7(12)13-5-6/h3-5H,1-2,12H2/b6-3-,7-4?,13-5?. The van der Waals surface area contributed by atoms with Crippen molar-refractivity contribution in [3.05, 3.63) is 23.5 Å². The van der Waals surface area contributed by atoms with E-state index in [0.717, 1.165) is 12.3 Å². The topological polar surface area (TPSA) is 38.4 Å². The fraction of sp³-hybridized carbons (Fsp3) is 0.375. The first-order valence-electron chi connectivity index (χ1n) is 3.77. The van der Waals surface area contributed by atoms with Gasteiger partial charge in [0.1, 0.15) is 5.82 Å². The van der Waals surface area contributed by atoms with E-state index >= 15 is 0 Å². The molecule has 1 aliphatic heterocycles.